The average molecular weight is 343 g/mol. The topological polar surface area (TPSA) is 74.5 Å². The highest BCUT2D eigenvalue weighted by molar-refractivity contribution is 5.75. The molecular weight excluding hydrogens is 318 g/mol. The molecule has 1 amide bonds. The van der Waals surface area contributed by atoms with E-state index in [1.54, 1.807) is 24.3 Å². The Morgan fingerprint density at radius 3 is 2.96 bits per heavy atom. The number of aliphatic hydroxyl groups is 1. The molecule has 0 bridgehead atoms. The Kier molecular flexibility index (Phi) is 5.33. The summed E-state index contributed by atoms with van der Waals surface area (Å²) in [5.41, 5.74) is -0.885. The van der Waals surface area contributed by atoms with E-state index >= 15 is 0 Å². The first-order valence-electron chi connectivity index (χ1n) is 8.65. The van der Waals surface area contributed by atoms with Crippen LogP contribution in [0.5, 0.6) is 0 Å². The summed E-state index contributed by atoms with van der Waals surface area (Å²) < 4.78 is 1.82. The predicted octanol–water partition coefficient (Wildman–Crippen LogP) is 1.16. The smallest absolute Gasteiger partial charge is 0.222 e. The summed E-state index contributed by atoms with van der Waals surface area (Å²) in [6.45, 7) is 2.31. The van der Waals surface area contributed by atoms with Gasteiger partial charge in [-0.2, -0.15) is 5.10 Å². The summed E-state index contributed by atoms with van der Waals surface area (Å²) in [7, 11) is 1.76. The fraction of sp³-hybridized carbons (Fsp3) is 0.500. The molecule has 7 heteroatoms. The van der Waals surface area contributed by atoms with Crippen LogP contribution in [0.25, 0.3) is 0 Å². The number of likely N-dealkylation sites (N-methyl/N-ethyl adjacent to an activating group) is 1. The number of pyridine rings is 1. The molecule has 1 fully saturated rings. The van der Waals surface area contributed by atoms with Crippen LogP contribution in [-0.4, -0.2) is 63.0 Å². The second kappa shape index (κ2) is 7.65. The number of nitrogens with zero attached hydrogens (tertiary/aromatic N) is 5. The third-order valence-corrected chi connectivity index (χ3v) is 4.60. The predicted molar refractivity (Wildman–Crippen MR) is 95.1 cm³/mol. The van der Waals surface area contributed by atoms with E-state index in [1.165, 1.54) is 0 Å². The van der Waals surface area contributed by atoms with E-state index in [0.29, 0.717) is 25.9 Å². The molecule has 0 spiro atoms. The molecule has 1 atom stereocenters. The summed E-state index contributed by atoms with van der Waals surface area (Å²) in [5, 5.41) is 15.0. The molecule has 25 heavy (non-hydrogen) atoms. The Labute approximate surface area is 147 Å². The van der Waals surface area contributed by atoms with Crippen LogP contribution in [-0.2, 0) is 11.3 Å². The van der Waals surface area contributed by atoms with Gasteiger partial charge >= 0.3 is 0 Å². The van der Waals surface area contributed by atoms with Crippen LogP contribution >= 0.6 is 0 Å². The minimum absolute atomic E-state index is 0.0527. The normalized spacial score (nSPS) is 20.0. The summed E-state index contributed by atoms with van der Waals surface area (Å²) >= 11 is 0. The first-order valence-corrected chi connectivity index (χ1v) is 8.65. The number of hydrogen-bond acceptors (Lipinski definition) is 5. The molecule has 2 aromatic rings. The van der Waals surface area contributed by atoms with E-state index in [2.05, 4.69) is 15.0 Å². The van der Waals surface area contributed by atoms with Gasteiger partial charge in [0.25, 0.3) is 0 Å². The maximum Gasteiger partial charge on any atom is 0.222 e. The number of anilines is 1. The molecule has 7 nitrogen and oxygen atoms in total. The van der Waals surface area contributed by atoms with Crippen LogP contribution < -0.4 is 4.90 Å². The van der Waals surface area contributed by atoms with Gasteiger partial charge in [0.15, 0.2) is 0 Å². The van der Waals surface area contributed by atoms with Gasteiger partial charge in [0, 0.05) is 51.7 Å². The number of hydrogen-bond donors (Lipinski definition) is 1. The Bertz CT molecular complexity index is 676. The minimum Gasteiger partial charge on any atom is -0.386 e. The number of rotatable bonds is 7. The SMILES string of the molecule is CN(CC1(O)CCN(c2ccccn2)C1)C(=O)CCCn1cccn1. The van der Waals surface area contributed by atoms with Crippen LogP contribution in [0.15, 0.2) is 42.9 Å². The highest BCUT2D eigenvalue weighted by atomic mass is 16.3. The second-order valence-electron chi connectivity index (χ2n) is 6.71. The molecule has 3 rings (SSSR count). The quantitative estimate of drug-likeness (QED) is 0.816. The van der Waals surface area contributed by atoms with Gasteiger partial charge in [-0.1, -0.05) is 6.07 Å². The molecule has 2 aromatic heterocycles. The molecule has 1 aliphatic heterocycles. The lowest BCUT2D eigenvalue weighted by Gasteiger charge is -2.29. The zero-order chi connectivity index (χ0) is 17.7. The van der Waals surface area contributed by atoms with Gasteiger partial charge in [0.2, 0.25) is 5.91 Å². The molecule has 3 heterocycles. The van der Waals surface area contributed by atoms with Gasteiger partial charge in [0.05, 0.1) is 6.54 Å². The molecule has 0 saturated carbocycles. The van der Waals surface area contributed by atoms with Gasteiger partial charge in [-0.3, -0.25) is 9.48 Å². The summed E-state index contributed by atoms with van der Waals surface area (Å²) in [5.74, 6) is 0.920. The van der Waals surface area contributed by atoms with Crippen molar-refractivity contribution in [3.8, 4) is 0 Å². The van der Waals surface area contributed by atoms with Crippen molar-refractivity contribution in [2.75, 3.05) is 31.6 Å². The van der Waals surface area contributed by atoms with E-state index < -0.39 is 5.60 Å². The lowest BCUT2D eigenvalue weighted by molar-refractivity contribution is -0.133. The van der Waals surface area contributed by atoms with Crippen molar-refractivity contribution >= 4 is 11.7 Å². The summed E-state index contributed by atoms with van der Waals surface area (Å²) in [4.78, 5) is 20.4. The monoisotopic (exact) mass is 343 g/mol. The maximum atomic E-state index is 12.3. The fourth-order valence-corrected chi connectivity index (χ4v) is 3.27. The fourth-order valence-electron chi connectivity index (χ4n) is 3.27. The number of β-amino-alcohol motifs (C(OH)–C–C–N with tert-alkyl or cyclic N) is 1. The van der Waals surface area contributed by atoms with Crippen molar-refractivity contribution in [1.82, 2.24) is 19.7 Å². The van der Waals surface area contributed by atoms with Crippen molar-refractivity contribution in [3.05, 3.63) is 42.9 Å². The van der Waals surface area contributed by atoms with Crippen molar-refractivity contribution in [3.63, 3.8) is 0 Å². The van der Waals surface area contributed by atoms with Crippen LogP contribution in [0.3, 0.4) is 0 Å². The molecule has 134 valence electrons. The highest BCUT2D eigenvalue weighted by Gasteiger charge is 2.38. The first kappa shape index (κ1) is 17.4. The number of carbonyl (C=O) groups is 1. The first-order chi connectivity index (χ1) is 12.1. The standard InChI is InChI=1S/C18H25N5O2/c1-21(17(24)7-4-11-23-12-5-10-20-23)14-18(25)8-13-22(15-18)16-6-2-3-9-19-16/h2-3,5-6,9-10,12,25H,4,7-8,11,13-15H2,1H3. The van der Waals surface area contributed by atoms with Gasteiger partial charge in [-0.25, -0.2) is 4.98 Å². The largest absolute Gasteiger partial charge is 0.386 e. The highest BCUT2D eigenvalue weighted by Crippen LogP contribution is 2.26. The number of carbonyl (C=O) groups excluding carboxylic acids is 1. The van der Waals surface area contributed by atoms with Gasteiger partial charge in [0.1, 0.15) is 11.4 Å². The summed E-state index contributed by atoms with van der Waals surface area (Å²) in [6.07, 6.45) is 7.20. The maximum absolute atomic E-state index is 12.3. The van der Waals surface area contributed by atoms with E-state index in [-0.39, 0.29) is 5.91 Å². The summed E-state index contributed by atoms with van der Waals surface area (Å²) in [6, 6.07) is 7.63. The number of aryl methyl sites for hydroxylation is 1. The van der Waals surface area contributed by atoms with Crippen LogP contribution in [0, 0.1) is 0 Å². The Hall–Kier alpha value is -2.41. The lowest BCUT2D eigenvalue weighted by Crippen LogP contribution is -2.45. The van der Waals surface area contributed by atoms with Crippen molar-refractivity contribution in [2.24, 2.45) is 0 Å². The van der Waals surface area contributed by atoms with Gasteiger partial charge in [-0.15, -0.1) is 0 Å². The molecule has 1 unspecified atom stereocenters. The van der Waals surface area contributed by atoms with E-state index in [9.17, 15) is 9.90 Å². The van der Waals surface area contributed by atoms with E-state index in [0.717, 1.165) is 25.3 Å². The van der Waals surface area contributed by atoms with Crippen molar-refractivity contribution in [1.29, 1.82) is 0 Å². The van der Waals surface area contributed by atoms with Crippen LogP contribution in [0.1, 0.15) is 19.3 Å². The lowest BCUT2D eigenvalue weighted by atomic mass is 10.0. The minimum atomic E-state index is -0.885. The third kappa shape index (κ3) is 4.57. The Morgan fingerprint density at radius 2 is 2.24 bits per heavy atom. The molecule has 0 aliphatic carbocycles. The zero-order valence-electron chi connectivity index (χ0n) is 14.6. The third-order valence-electron chi connectivity index (χ3n) is 4.60. The van der Waals surface area contributed by atoms with Crippen molar-refractivity contribution < 1.29 is 9.90 Å². The zero-order valence-corrected chi connectivity index (χ0v) is 14.6. The Morgan fingerprint density at radius 1 is 1.36 bits per heavy atom. The van der Waals surface area contributed by atoms with Gasteiger partial charge < -0.3 is 14.9 Å². The van der Waals surface area contributed by atoms with E-state index in [4.69, 9.17) is 0 Å². The molecular formula is C18H25N5O2. The number of aromatic nitrogens is 3. The van der Waals surface area contributed by atoms with Crippen LogP contribution in [0.4, 0.5) is 5.82 Å². The second-order valence-corrected chi connectivity index (χ2v) is 6.71. The molecule has 1 aliphatic rings. The molecule has 1 saturated heterocycles. The van der Waals surface area contributed by atoms with Gasteiger partial charge in [-0.05, 0) is 31.0 Å². The van der Waals surface area contributed by atoms with Crippen LogP contribution in [0.2, 0.25) is 0 Å². The molecule has 0 radical (unpaired) electrons. The number of amides is 1. The molecule has 1 N–H and O–H groups in total. The van der Waals surface area contributed by atoms with E-state index in [1.807, 2.05) is 35.1 Å². The average Bonchev–Trinajstić information content (AvgIpc) is 3.25. The molecule has 0 aromatic carbocycles. The van der Waals surface area contributed by atoms with Crippen molar-refractivity contribution in [2.45, 2.75) is 31.4 Å². The Balaban J connectivity index is 1.46.